The average Bonchev–Trinajstić information content (AvgIpc) is 2.39. The topological polar surface area (TPSA) is 21.3 Å². The van der Waals surface area contributed by atoms with E-state index in [1.807, 2.05) is 7.05 Å². The molecular formula is C17H29NO. The predicted octanol–water partition coefficient (Wildman–Crippen LogP) is 4.14. The van der Waals surface area contributed by atoms with Crippen LogP contribution >= 0.6 is 0 Å². The van der Waals surface area contributed by atoms with Gasteiger partial charge in [0.15, 0.2) is 0 Å². The van der Waals surface area contributed by atoms with Gasteiger partial charge in [-0.05, 0) is 49.9 Å². The van der Waals surface area contributed by atoms with Gasteiger partial charge in [-0.1, -0.05) is 39.8 Å². The summed E-state index contributed by atoms with van der Waals surface area (Å²) in [6.07, 6.45) is 2.12. The number of hydrogen-bond acceptors (Lipinski definition) is 2. The van der Waals surface area contributed by atoms with E-state index in [4.69, 9.17) is 4.74 Å². The van der Waals surface area contributed by atoms with Crippen molar-refractivity contribution in [2.75, 3.05) is 13.6 Å². The maximum atomic E-state index is 6.13. The molecule has 0 saturated heterocycles. The van der Waals surface area contributed by atoms with Gasteiger partial charge in [0.1, 0.15) is 11.4 Å². The molecule has 1 atom stereocenters. The number of nitrogens with one attached hydrogen (secondary N) is 1. The summed E-state index contributed by atoms with van der Waals surface area (Å²) in [6, 6.07) is 8.56. The number of rotatable bonds is 7. The zero-order valence-electron chi connectivity index (χ0n) is 13.3. The molecule has 0 aromatic heterocycles. The Kier molecular flexibility index (Phi) is 5.42. The molecule has 108 valence electrons. The number of likely N-dealkylation sites (N-methyl/N-ethyl adjacent to an activating group) is 1. The predicted molar refractivity (Wildman–Crippen MR) is 83.0 cm³/mol. The lowest BCUT2D eigenvalue weighted by molar-refractivity contribution is 0.0858. The van der Waals surface area contributed by atoms with E-state index in [-0.39, 0.29) is 11.0 Å². The molecule has 1 N–H and O–H groups in total. The van der Waals surface area contributed by atoms with Crippen LogP contribution in [0, 0.1) is 0 Å². The molecule has 0 amide bonds. The molecule has 0 heterocycles. The van der Waals surface area contributed by atoms with E-state index in [1.54, 1.807) is 0 Å². The Balaban J connectivity index is 2.82. The van der Waals surface area contributed by atoms with E-state index in [1.165, 1.54) is 5.56 Å². The van der Waals surface area contributed by atoms with Crippen molar-refractivity contribution in [1.29, 1.82) is 0 Å². The van der Waals surface area contributed by atoms with Gasteiger partial charge in [-0.25, -0.2) is 0 Å². The SMILES string of the molecule is CCC(C)(CNC)Oc1ccc(C(C)(C)CC)cc1. The fourth-order valence-corrected chi connectivity index (χ4v) is 2.07. The molecule has 0 saturated carbocycles. The van der Waals surface area contributed by atoms with Crippen molar-refractivity contribution in [1.82, 2.24) is 5.32 Å². The second kappa shape index (κ2) is 6.42. The van der Waals surface area contributed by atoms with E-state index in [9.17, 15) is 0 Å². The van der Waals surface area contributed by atoms with Gasteiger partial charge in [-0.15, -0.1) is 0 Å². The monoisotopic (exact) mass is 263 g/mol. The first-order valence-corrected chi connectivity index (χ1v) is 7.31. The molecule has 1 unspecified atom stereocenters. The molecular weight excluding hydrogens is 234 g/mol. The normalized spacial score (nSPS) is 15.1. The first-order chi connectivity index (χ1) is 8.87. The maximum Gasteiger partial charge on any atom is 0.120 e. The van der Waals surface area contributed by atoms with Crippen LogP contribution in [0.25, 0.3) is 0 Å². The van der Waals surface area contributed by atoms with Crippen molar-refractivity contribution >= 4 is 0 Å². The van der Waals surface area contributed by atoms with Gasteiger partial charge in [0.25, 0.3) is 0 Å². The minimum atomic E-state index is -0.142. The van der Waals surface area contributed by atoms with E-state index in [0.29, 0.717) is 0 Å². The largest absolute Gasteiger partial charge is 0.486 e. The molecule has 2 heteroatoms. The minimum Gasteiger partial charge on any atom is -0.486 e. The fraction of sp³-hybridized carbons (Fsp3) is 0.647. The Bertz CT molecular complexity index is 383. The van der Waals surface area contributed by atoms with Gasteiger partial charge < -0.3 is 10.1 Å². The first-order valence-electron chi connectivity index (χ1n) is 7.31. The molecule has 2 nitrogen and oxygen atoms in total. The molecule has 0 fully saturated rings. The Labute approximate surface area is 118 Å². The van der Waals surface area contributed by atoms with Gasteiger partial charge in [0.2, 0.25) is 0 Å². The van der Waals surface area contributed by atoms with E-state index < -0.39 is 0 Å². The lowest BCUT2D eigenvalue weighted by Crippen LogP contribution is -2.41. The van der Waals surface area contributed by atoms with Crippen LogP contribution in [0.5, 0.6) is 5.75 Å². The third-order valence-corrected chi connectivity index (χ3v) is 4.18. The Morgan fingerprint density at radius 3 is 2.00 bits per heavy atom. The van der Waals surface area contributed by atoms with Crippen LogP contribution in [0.1, 0.15) is 53.0 Å². The molecule has 0 spiro atoms. The number of benzene rings is 1. The summed E-state index contributed by atoms with van der Waals surface area (Å²) in [6.45, 7) is 11.9. The van der Waals surface area contributed by atoms with E-state index in [2.05, 4.69) is 64.2 Å². The molecule has 0 aliphatic heterocycles. The van der Waals surface area contributed by atoms with E-state index in [0.717, 1.165) is 25.1 Å². The molecule has 0 radical (unpaired) electrons. The van der Waals surface area contributed by atoms with Crippen molar-refractivity contribution in [2.24, 2.45) is 0 Å². The Hall–Kier alpha value is -1.02. The van der Waals surface area contributed by atoms with Crippen molar-refractivity contribution in [2.45, 2.75) is 58.5 Å². The van der Waals surface area contributed by atoms with Gasteiger partial charge >= 0.3 is 0 Å². The molecule has 1 rings (SSSR count). The van der Waals surface area contributed by atoms with Crippen molar-refractivity contribution in [3.63, 3.8) is 0 Å². The van der Waals surface area contributed by atoms with Gasteiger partial charge in [0, 0.05) is 6.54 Å². The number of ether oxygens (including phenoxy) is 1. The lowest BCUT2D eigenvalue weighted by atomic mass is 9.82. The zero-order chi connectivity index (χ0) is 14.5. The first kappa shape index (κ1) is 16.0. The van der Waals surface area contributed by atoms with E-state index >= 15 is 0 Å². The van der Waals surface area contributed by atoms with Crippen LogP contribution in [0.2, 0.25) is 0 Å². The summed E-state index contributed by atoms with van der Waals surface area (Å²) in [7, 11) is 1.96. The summed E-state index contributed by atoms with van der Waals surface area (Å²) < 4.78 is 6.13. The van der Waals surface area contributed by atoms with Crippen LogP contribution in [0.15, 0.2) is 24.3 Å². The lowest BCUT2D eigenvalue weighted by Gasteiger charge is -2.30. The molecule has 0 aliphatic rings. The molecule has 1 aromatic carbocycles. The molecule has 0 bridgehead atoms. The third-order valence-electron chi connectivity index (χ3n) is 4.18. The average molecular weight is 263 g/mol. The zero-order valence-corrected chi connectivity index (χ0v) is 13.3. The molecule has 1 aromatic rings. The van der Waals surface area contributed by atoms with Crippen LogP contribution in [-0.4, -0.2) is 19.2 Å². The second-order valence-electron chi connectivity index (χ2n) is 6.20. The summed E-state index contributed by atoms with van der Waals surface area (Å²) in [5.74, 6) is 0.954. The summed E-state index contributed by atoms with van der Waals surface area (Å²) in [5, 5.41) is 3.20. The Morgan fingerprint density at radius 1 is 1.00 bits per heavy atom. The second-order valence-corrected chi connectivity index (χ2v) is 6.20. The summed E-state index contributed by atoms with van der Waals surface area (Å²) in [5.41, 5.74) is 1.46. The highest BCUT2D eigenvalue weighted by molar-refractivity contribution is 5.32. The minimum absolute atomic E-state index is 0.142. The van der Waals surface area contributed by atoms with Gasteiger partial charge in [0.05, 0.1) is 0 Å². The van der Waals surface area contributed by atoms with Crippen LogP contribution in [0.4, 0.5) is 0 Å². The highest BCUT2D eigenvalue weighted by atomic mass is 16.5. The highest BCUT2D eigenvalue weighted by Gasteiger charge is 2.23. The fourth-order valence-electron chi connectivity index (χ4n) is 2.07. The van der Waals surface area contributed by atoms with Crippen LogP contribution < -0.4 is 10.1 Å². The summed E-state index contributed by atoms with van der Waals surface area (Å²) >= 11 is 0. The standard InChI is InChI=1S/C17H29NO/c1-7-16(3,4)14-9-11-15(12-10-14)19-17(5,8-2)13-18-6/h9-12,18H,7-8,13H2,1-6H3. The van der Waals surface area contributed by atoms with Crippen molar-refractivity contribution in [3.05, 3.63) is 29.8 Å². The quantitative estimate of drug-likeness (QED) is 0.798. The summed E-state index contributed by atoms with van der Waals surface area (Å²) in [4.78, 5) is 0. The smallest absolute Gasteiger partial charge is 0.120 e. The van der Waals surface area contributed by atoms with Gasteiger partial charge in [-0.3, -0.25) is 0 Å². The Morgan fingerprint density at radius 2 is 1.58 bits per heavy atom. The number of hydrogen-bond donors (Lipinski definition) is 1. The van der Waals surface area contributed by atoms with Gasteiger partial charge in [-0.2, -0.15) is 0 Å². The molecule has 19 heavy (non-hydrogen) atoms. The third kappa shape index (κ3) is 4.24. The maximum absolute atomic E-state index is 6.13. The van der Waals surface area contributed by atoms with Crippen LogP contribution in [-0.2, 0) is 5.41 Å². The van der Waals surface area contributed by atoms with Crippen molar-refractivity contribution < 1.29 is 4.74 Å². The highest BCUT2D eigenvalue weighted by Crippen LogP contribution is 2.29. The molecule has 0 aliphatic carbocycles. The van der Waals surface area contributed by atoms with Crippen molar-refractivity contribution in [3.8, 4) is 5.75 Å². The van der Waals surface area contributed by atoms with Crippen LogP contribution in [0.3, 0.4) is 0 Å².